The molecule has 0 fully saturated rings. The molecule has 2 aromatic carbocycles. The van der Waals surface area contributed by atoms with Crippen LogP contribution in [0.1, 0.15) is 37.6 Å². The topological polar surface area (TPSA) is 89.7 Å². The number of furan rings is 1. The van der Waals surface area contributed by atoms with Crippen LogP contribution in [0.25, 0.3) is 33.2 Å². The number of para-hydroxylation sites is 1. The molecular weight excluding hydrogens is 390 g/mol. The molecule has 0 radical (unpaired) electrons. The van der Waals surface area contributed by atoms with Gasteiger partial charge in [-0.15, -0.1) is 5.10 Å². The molecule has 7 heteroatoms. The molecule has 0 atom stereocenters. The summed E-state index contributed by atoms with van der Waals surface area (Å²) in [7, 11) is 0. The summed E-state index contributed by atoms with van der Waals surface area (Å²) in [6.07, 6.45) is 6.28. The number of H-pyrrole nitrogens is 1. The van der Waals surface area contributed by atoms with Crippen LogP contribution in [0.15, 0.2) is 59.1 Å². The first-order valence-electron chi connectivity index (χ1n) is 10.6. The highest BCUT2D eigenvalue weighted by Gasteiger charge is 2.19. The van der Waals surface area contributed by atoms with E-state index in [0.29, 0.717) is 11.6 Å². The molecule has 0 aliphatic carbocycles. The third-order valence-electron chi connectivity index (χ3n) is 5.46. The monoisotopic (exact) mass is 413 g/mol. The van der Waals surface area contributed by atoms with Gasteiger partial charge in [-0.05, 0) is 47.5 Å². The van der Waals surface area contributed by atoms with Crippen LogP contribution in [-0.4, -0.2) is 25.6 Å². The number of rotatable bonds is 8. The molecule has 0 aliphatic rings. The number of fused-ring (bicyclic) bond motifs is 2. The second-order valence-corrected chi connectivity index (χ2v) is 7.51. The van der Waals surface area contributed by atoms with Gasteiger partial charge in [0.15, 0.2) is 5.82 Å². The first kappa shape index (κ1) is 19.2. The van der Waals surface area contributed by atoms with Crippen molar-refractivity contribution in [2.75, 3.05) is 0 Å². The molecule has 0 saturated heterocycles. The highest BCUT2D eigenvalue weighted by atomic mass is 16.5. The quantitative estimate of drug-likeness (QED) is 0.339. The molecule has 3 aromatic heterocycles. The number of aryl methyl sites for hydroxylation is 1. The SMILES string of the molecule is CCCCCc1c(-c2ccc(OCc3nnn[nH]3)c3ncccc23)oc2ccccc12. The first-order chi connectivity index (χ1) is 15.3. The lowest BCUT2D eigenvalue weighted by Gasteiger charge is -2.11. The van der Waals surface area contributed by atoms with Crippen molar-refractivity contribution in [3.63, 3.8) is 0 Å². The molecule has 31 heavy (non-hydrogen) atoms. The molecule has 0 aliphatic heterocycles. The van der Waals surface area contributed by atoms with Gasteiger partial charge in [-0.3, -0.25) is 4.98 Å². The molecule has 5 rings (SSSR count). The number of unbranched alkanes of at least 4 members (excludes halogenated alkanes) is 2. The summed E-state index contributed by atoms with van der Waals surface area (Å²) in [6, 6.07) is 16.3. The van der Waals surface area contributed by atoms with Crippen LogP contribution in [-0.2, 0) is 13.0 Å². The highest BCUT2D eigenvalue weighted by molar-refractivity contribution is 6.00. The Hall–Kier alpha value is -3.74. The summed E-state index contributed by atoms with van der Waals surface area (Å²) in [4.78, 5) is 4.60. The van der Waals surface area contributed by atoms with Crippen molar-refractivity contribution >= 4 is 21.9 Å². The average Bonchev–Trinajstić information content (AvgIpc) is 3.46. The van der Waals surface area contributed by atoms with E-state index in [1.807, 2.05) is 24.3 Å². The lowest BCUT2D eigenvalue weighted by atomic mass is 9.97. The van der Waals surface area contributed by atoms with Gasteiger partial charge in [-0.25, -0.2) is 5.10 Å². The fraction of sp³-hybridized carbons (Fsp3) is 0.250. The van der Waals surface area contributed by atoms with Crippen LogP contribution in [0.5, 0.6) is 5.75 Å². The van der Waals surface area contributed by atoms with Crippen LogP contribution in [0.4, 0.5) is 0 Å². The largest absolute Gasteiger partial charge is 0.483 e. The predicted molar refractivity (Wildman–Crippen MR) is 119 cm³/mol. The highest BCUT2D eigenvalue weighted by Crippen LogP contribution is 2.40. The van der Waals surface area contributed by atoms with E-state index < -0.39 is 0 Å². The molecular formula is C24H23N5O2. The Labute approximate surface area is 179 Å². The maximum Gasteiger partial charge on any atom is 0.186 e. The summed E-state index contributed by atoms with van der Waals surface area (Å²) >= 11 is 0. The Morgan fingerprint density at radius 1 is 1.00 bits per heavy atom. The minimum Gasteiger partial charge on any atom is -0.483 e. The Kier molecular flexibility index (Phi) is 5.31. The van der Waals surface area contributed by atoms with E-state index in [0.717, 1.165) is 40.7 Å². The Morgan fingerprint density at radius 3 is 2.77 bits per heavy atom. The van der Waals surface area contributed by atoms with Crippen LogP contribution >= 0.6 is 0 Å². The summed E-state index contributed by atoms with van der Waals surface area (Å²) < 4.78 is 12.3. The standard InChI is InChI=1S/C24H23N5O2/c1-2-3-4-9-18-16-8-5-6-11-20(16)31-24(18)19-12-13-21(23-17(19)10-7-14-25-23)30-15-22-26-28-29-27-22/h5-8,10-14H,2-4,9,15H2,1H3,(H,26,27,28,29). The summed E-state index contributed by atoms with van der Waals surface area (Å²) in [5, 5.41) is 15.9. The number of hydrogen-bond donors (Lipinski definition) is 1. The number of pyridine rings is 1. The number of hydrogen-bond acceptors (Lipinski definition) is 6. The second-order valence-electron chi connectivity index (χ2n) is 7.51. The van der Waals surface area contributed by atoms with Gasteiger partial charge in [-0.1, -0.05) is 44.0 Å². The smallest absolute Gasteiger partial charge is 0.186 e. The lowest BCUT2D eigenvalue weighted by Crippen LogP contribution is -1.99. The second kappa shape index (κ2) is 8.55. The molecule has 0 unspecified atom stereocenters. The van der Waals surface area contributed by atoms with Crippen LogP contribution < -0.4 is 4.74 Å². The molecule has 1 N–H and O–H groups in total. The van der Waals surface area contributed by atoms with Gasteiger partial charge in [0.05, 0.1) is 0 Å². The van der Waals surface area contributed by atoms with Gasteiger partial charge in [0, 0.05) is 28.1 Å². The Bertz CT molecular complexity index is 1310. The molecule has 0 spiro atoms. The van der Waals surface area contributed by atoms with Crippen molar-refractivity contribution in [1.82, 2.24) is 25.6 Å². The first-order valence-corrected chi connectivity index (χ1v) is 10.6. The molecule has 3 heterocycles. The Morgan fingerprint density at radius 2 is 1.90 bits per heavy atom. The normalized spacial score (nSPS) is 11.4. The van der Waals surface area contributed by atoms with Crippen LogP contribution in [0.3, 0.4) is 0 Å². The van der Waals surface area contributed by atoms with Crippen molar-refractivity contribution in [2.45, 2.75) is 39.2 Å². The van der Waals surface area contributed by atoms with Gasteiger partial charge < -0.3 is 9.15 Å². The van der Waals surface area contributed by atoms with E-state index in [1.54, 1.807) is 6.20 Å². The summed E-state index contributed by atoms with van der Waals surface area (Å²) in [6.45, 7) is 2.46. The number of tetrazole rings is 1. The van der Waals surface area contributed by atoms with E-state index in [4.69, 9.17) is 9.15 Å². The van der Waals surface area contributed by atoms with E-state index >= 15 is 0 Å². The van der Waals surface area contributed by atoms with E-state index in [1.165, 1.54) is 23.8 Å². The van der Waals surface area contributed by atoms with Crippen molar-refractivity contribution in [1.29, 1.82) is 0 Å². The number of ether oxygens (including phenoxy) is 1. The van der Waals surface area contributed by atoms with Crippen molar-refractivity contribution in [3.05, 3.63) is 66.1 Å². The zero-order valence-electron chi connectivity index (χ0n) is 17.3. The summed E-state index contributed by atoms with van der Waals surface area (Å²) in [5.41, 5.74) is 3.99. The zero-order chi connectivity index (χ0) is 21.0. The van der Waals surface area contributed by atoms with Crippen molar-refractivity contribution < 1.29 is 9.15 Å². The number of aromatic amines is 1. The number of nitrogens with zero attached hydrogens (tertiary/aromatic N) is 4. The maximum atomic E-state index is 6.38. The van der Waals surface area contributed by atoms with E-state index in [2.05, 4.69) is 56.8 Å². The molecule has 0 amide bonds. The third-order valence-corrected chi connectivity index (χ3v) is 5.46. The lowest BCUT2D eigenvalue weighted by molar-refractivity contribution is 0.299. The van der Waals surface area contributed by atoms with Gasteiger partial charge >= 0.3 is 0 Å². The average molecular weight is 413 g/mol. The maximum absolute atomic E-state index is 6.38. The fourth-order valence-electron chi connectivity index (χ4n) is 3.96. The number of nitrogens with one attached hydrogen (secondary N) is 1. The van der Waals surface area contributed by atoms with Gasteiger partial charge in [0.25, 0.3) is 0 Å². The number of aromatic nitrogens is 5. The van der Waals surface area contributed by atoms with Gasteiger partial charge in [-0.2, -0.15) is 0 Å². The zero-order valence-corrected chi connectivity index (χ0v) is 17.3. The van der Waals surface area contributed by atoms with E-state index in [-0.39, 0.29) is 6.61 Å². The molecule has 156 valence electrons. The van der Waals surface area contributed by atoms with E-state index in [9.17, 15) is 0 Å². The molecule has 0 saturated carbocycles. The Balaban J connectivity index is 1.60. The van der Waals surface area contributed by atoms with Gasteiger partial charge in [0.1, 0.15) is 29.2 Å². The van der Waals surface area contributed by atoms with Gasteiger partial charge in [0.2, 0.25) is 0 Å². The summed E-state index contributed by atoms with van der Waals surface area (Å²) in [5.74, 6) is 2.16. The predicted octanol–water partition coefficient (Wildman–Crippen LogP) is 5.47. The molecule has 0 bridgehead atoms. The van der Waals surface area contributed by atoms with Crippen molar-refractivity contribution in [3.8, 4) is 17.1 Å². The molecule has 5 aromatic rings. The molecule has 7 nitrogen and oxygen atoms in total. The number of benzene rings is 2. The van der Waals surface area contributed by atoms with Crippen LogP contribution in [0.2, 0.25) is 0 Å². The minimum absolute atomic E-state index is 0.241. The van der Waals surface area contributed by atoms with Crippen molar-refractivity contribution in [2.24, 2.45) is 0 Å². The van der Waals surface area contributed by atoms with Crippen LogP contribution in [0, 0.1) is 0 Å². The third kappa shape index (κ3) is 3.74. The minimum atomic E-state index is 0.241. The fourth-order valence-corrected chi connectivity index (χ4v) is 3.96.